The number of rotatable bonds is 9. The van der Waals surface area contributed by atoms with E-state index < -0.39 is 6.04 Å². The first-order chi connectivity index (χ1) is 12.6. The zero-order valence-electron chi connectivity index (χ0n) is 15.3. The lowest BCUT2D eigenvalue weighted by atomic mass is 9.98. The topological polar surface area (TPSA) is 67.4 Å². The van der Waals surface area contributed by atoms with Crippen LogP contribution in [0.2, 0.25) is 0 Å². The van der Waals surface area contributed by atoms with Gasteiger partial charge in [-0.3, -0.25) is 9.59 Å². The number of para-hydroxylation sites is 1. The van der Waals surface area contributed by atoms with Gasteiger partial charge in [-0.2, -0.15) is 0 Å². The van der Waals surface area contributed by atoms with Crippen LogP contribution >= 0.6 is 0 Å². The summed E-state index contributed by atoms with van der Waals surface area (Å²) in [5, 5.41) is 5.70. The second-order valence-electron chi connectivity index (χ2n) is 6.16. The molecule has 5 heteroatoms. The summed E-state index contributed by atoms with van der Waals surface area (Å²) < 4.78 is 5.57. The van der Waals surface area contributed by atoms with Crippen molar-refractivity contribution in [1.82, 2.24) is 10.6 Å². The second kappa shape index (κ2) is 10.2. The molecule has 0 aromatic heterocycles. The Morgan fingerprint density at radius 3 is 2.23 bits per heavy atom. The number of hydrogen-bond acceptors (Lipinski definition) is 3. The molecule has 0 fully saturated rings. The minimum atomic E-state index is -0.579. The van der Waals surface area contributed by atoms with Crippen LogP contribution < -0.4 is 15.4 Å². The maximum atomic E-state index is 12.5. The van der Waals surface area contributed by atoms with E-state index in [1.807, 2.05) is 50.2 Å². The van der Waals surface area contributed by atoms with E-state index in [2.05, 4.69) is 10.6 Å². The van der Waals surface area contributed by atoms with E-state index in [0.29, 0.717) is 18.7 Å². The van der Waals surface area contributed by atoms with Crippen LogP contribution in [0.4, 0.5) is 0 Å². The minimum Gasteiger partial charge on any atom is -0.492 e. The van der Waals surface area contributed by atoms with Crippen molar-refractivity contribution in [2.75, 3.05) is 13.2 Å². The van der Waals surface area contributed by atoms with Crippen LogP contribution in [0.5, 0.6) is 5.75 Å². The maximum Gasteiger partial charge on any atom is 0.251 e. The van der Waals surface area contributed by atoms with Crippen molar-refractivity contribution in [1.29, 1.82) is 0 Å². The van der Waals surface area contributed by atoms with E-state index in [1.165, 1.54) is 0 Å². The Kier molecular flexibility index (Phi) is 7.68. The second-order valence-corrected chi connectivity index (χ2v) is 6.16. The molecule has 2 rings (SSSR count). The third-order valence-electron chi connectivity index (χ3n) is 4.23. The molecule has 2 N–H and O–H groups in total. The molecular weight excluding hydrogens is 328 g/mol. The molecule has 2 aromatic carbocycles. The average molecular weight is 354 g/mol. The smallest absolute Gasteiger partial charge is 0.251 e. The van der Waals surface area contributed by atoms with Gasteiger partial charge in [0.25, 0.3) is 5.91 Å². The van der Waals surface area contributed by atoms with Gasteiger partial charge in [-0.25, -0.2) is 0 Å². The first-order valence-corrected chi connectivity index (χ1v) is 8.93. The summed E-state index contributed by atoms with van der Waals surface area (Å²) in [5.41, 5.74) is 0.543. The number of hydrogen-bond donors (Lipinski definition) is 2. The number of amides is 2. The highest BCUT2D eigenvalue weighted by atomic mass is 16.5. The summed E-state index contributed by atoms with van der Waals surface area (Å²) in [6.45, 7) is 4.70. The van der Waals surface area contributed by atoms with Crippen molar-refractivity contribution in [3.63, 3.8) is 0 Å². The predicted octanol–water partition coefficient (Wildman–Crippen LogP) is 3.03. The third kappa shape index (κ3) is 5.92. The van der Waals surface area contributed by atoms with Crippen molar-refractivity contribution in [2.45, 2.75) is 26.3 Å². The zero-order valence-corrected chi connectivity index (χ0v) is 15.3. The Bertz CT molecular complexity index is 689. The van der Waals surface area contributed by atoms with Crippen LogP contribution in [0, 0.1) is 5.92 Å². The fourth-order valence-electron chi connectivity index (χ4n) is 2.49. The molecule has 2 unspecified atom stereocenters. The largest absolute Gasteiger partial charge is 0.492 e. The summed E-state index contributed by atoms with van der Waals surface area (Å²) in [6.07, 6.45) is 0.785. The van der Waals surface area contributed by atoms with E-state index in [0.717, 1.165) is 12.2 Å². The molecule has 0 aliphatic carbocycles. The van der Waals surface area contributed by atoms with Gasteiger partial charge >= 0.3 is 0 Å². The van der Waals surface area contributed by atoms with E-state index in [4.69, 9.17) is 4.74 Å². The number of ether oxygens (including phenoxy) is 1. The van der Waals surface area contributed by atoms with E-state index in [9.17, 15) is 9.59 Å². The number of carbonyl (C=O) groups excluding carboxylic acids is 2. The predicted molar refractivity (Wildman–Crippen MR) is 102 cm³/mol. The SMILES string of the molecule is CCC(C)C(NC(=O)c1ccccc1)C(=O)NCCOc1ccccc1. The molecule has 138 valence electrons. The summed E-state index contributed by atoms with van der Waals surface area (Å²) in [4.78, 5) is 24.9. The Morgan fingerprint density at radius 2 is 1.62 bits per heavy atom. The van der Waals surface area contributed by atoms with Crippen molar-refractivity contribution < 1.29 is 14.3 Å². The van der Waals surface area contributed by atoms with E-state index in [1.54, 1.807) is 24.3 Å². The van der Waals surface area contributed by atoms with Crippen LogP contribution in [-0.4, -0.2) is 31.0 Å². The highest BCUT2D eigenvalue weighted by Crippen LogP contribution is 2.10. The fraction of sp³-hybridized carbons (Fsp3) is 0.333. The van der Waals surface area contributed by atoms with Gasteiger partial charge in [0.05, 0.1) is 6.54 Å². The molecule has 0 bridgehead atoms. The average Bonchev–Trinajstić information content (AvgIpc) is 2.70. The summed E-state index contributed by atoms with van der Waals surface area (Å²) in [7, 11) is 0. The highest BCUT2D eigenvalue weighted by molar-refractivity contribution is 5.97. The first-order valence-electron chi connectivity index (χ1n) is 8.93. The first kappa shape index (κ1) is 19.5. The molecule has 0 saturated carbocycles. The fourth-order valence-corrected chi connectivity index (χ4v) is 2.49. The van der Waals surface area contributed by atoms with Gasteiger partial charge in [-0.1, -0.05) is 56.7 Å². The lowest BCUT2D eigenvalue weighted by Gasteiger charge is -2.23. The monoisotopic (exact) mass is 354 g/mol. The van der Waals surface area contributed by atoms with Crippen LogP contribution in [0.25, 0.3) is 0 Å². The van der Waals surface area contributed by atoms with Crippen LogP contribution in [0.3, 0.4) is 0 Å². The van der Waals surface area contributed by atoms with Crippen LogP contribution in [0.1, 0.15) is 30.6 Å². The van der Waals surface area contributed by atoms with Crippen molar-refractivity contribution in [3.8, 4) is 5.75 Å². The normalized spacial score (nSPS) is 12.7. The van der Waals surface area contributed by atoms with Gasteiger partial charge in [0.15, 0.2) is 0 Å². The van der Waals surface area contributed by atoms with Gasteiger partial charge in [0.2, 0.25) is 5.91 Å². The molecule has 26 heavy (non-hydrogen) atoms. The van der Waals surface area contributed by atoms with Gasteiger partial charge in [-0.15, -0.1) is 0 Å². The molecule has 0 radical (unpaired) electrons. The van der Waals surface area contributed by atoms with Crippen LogP contribution in [-0.2, 0) is 4.79 Å². The zero-order chi connectivity index (χ0) is 18.8. The van der Waals surface area contributed by atoms with Crippen LogP contribution in [0.15, 0.2) is 60.7 Å². The molecule has 2 aromatic rings. The Hall–Kier alpha value is -2.82. The van der Waals surface area contributed by atoms with Crippen molar-refractivity contribution >= 4 is 11.8 Å². The molecule has 2 atom stereocenters. The molecule has 0 heterocycles. The Balaban J connectivity index is 1.87. The maximum absolute atomic E-state index is 12.5. The molecular formula is C21H26N2O3. The van der Waals surface area contributed by atoms with Gasteiger partial charge in [-0.05, 0) is 30.2 Å². The summed E-state index contributed by atoms with van der Waals surface area (Å²) in [5.74, 6) is 0.349. The lowest BCUT2D eigenvalue weighted by molar-refractivity contribution is -0.124. The van der Waals surface area contributed by atoms with E-state index >= 15 is 0 Å². The third-order valence-corrected chi connectivity index (χ3v) is 4.23. The number of benzene rings is 2. The highest BCUT2D eigenvalue weighted by Gasteiger charge is 2.25. The van der Waals surface area contributed by atoms with Crippen molar-refractivity contribution in [3.05, 3.63) is 66.2 Å². The minimum absolute atomic E-state index is 0.0257. The standard InChI is InChI=1S/C21H26N2O3/c1-3-16(2)19(23-20(24)17-10-6-4-7-11-17)21(25)22-14-15-26-18-12-8-5-9-13-18/h4-13,16,19H,3,14-15H2,1-2H3,(H,22,25)(H,23,24). The Labute approximate surface area is 154 Å². The summed E-state index contributed by atoms with van der Waals surface area (Å²) >= 11 is 0. The molecule has 0 aliphatic rings. The Morgan fingerprint density at radius 1 is 1.00 bits per heavy atom. The van der Waals surface area contributed by atoms with Gasteiger partial charge in [0, 0.05) is 5.56 Å². The number of nitrogens with one attached hydrogen (secondary N) is 2. The molecule has 0 saturated heterocycles. The molecule has 0 aliphatic heterocycles. The molecule has 0 spiro atoms. The molecule has 5 nitrogen and oxygen atoms in total. The molecule has 2 amide bonds. The van der Waals surface area contributed by atoms with Gasteiger partial charge < -0.3 is 15.4 Å². The van der Waals surface area contributed by atoms with Gasteiger partial charge in [0.1, 0.15) is 18.4 Å². The quantitative estimate of drug-likeness (QED) is 0.680. The lowest BCUT2D eigenvalue weighted by Crippen LogP contribution is -2.50. The van der Waals surface area contributed by atoms with E-state index in [-0.39, 0.29) is 17.7 Å². The van der Waals surface area contributed by atoms with Crippen molar-refractivity contribution in [2.24, 2.45) is 5.92 Å². The summed E-state index contributed by atoms with van der Waals surface area (Å²) in [6, 6.07) is 17.8. The number of carbonyl (C=O) groups is 2.